The molecule has 0 spiro atoms. The lowest BCUT2D eigenvalue weighted by Crippen LogP contribution is -2.20. The summed E-state index contributed by atoms with van der Waals surface area (Å²) in [5.41, 5.74) is 5.25. The summed E-state index contributed by atoms with van der Waals surface area (Å²) in [6.07, 6.45) is -1.10. The van der Waals surface area contributed by atoms with E-state index in [4.69, 9.17) is 5.73 Å². The van der Waals surface area contributed by atoms with E-state index in [-0.39, 0.29) is 0 Å². The van der Waals surface area contributed by atoms with Crippen molar-refractivity contribution < 1.29 is 10.2 Å². The highest BCUT2D eigenvalue weighted by Gasteiger charge is 2.17. The Labute approximate surface area is 75.5 Å². The van der Waals surface area contributed by atoms with E-state index in [0.29, 0.717) is 13.0 Å². The zero-order valence-corrected chi connectivity index (χ0v) is 7.50. The van der Waals surface area contributed by atoms with E-state index in [1.165, 1.54) is 11.3 Å². The second kappa shape index (κ2) is 4.57. The molecule has 0 amide bonds. The van der Waals surface area contributed by atoms with Crippen molar-refractivity contribution >= 4 is 11.3 Å². The second-order valence-corrected chi connectivity index (χ2v) is 3.58. The Kier molecular flexibility index (Phi) is 3.68. The van der Waals surface area contributed by atoms with Crippen molar-refractivity contribution in [3.8, 4) is 0 Å². The molecular weight excluding hydrogens is 174 g/mol. The van der Waals surface area contributed by atoms with Crippen LogP contribution in [0.5, 0.6) is 0 Å². The average Bonchev–Trinajstić information content (AvgIpc) is 2.55. The highest BCUT2D eigenvalue weighted by Crippen LogP contribution is 2.22. The molecule has 2 unspecified atom stereocenters. The summed E-state index contributed by atoms with van der Waals surface area (Å²) in [4.78, 5) is 0.788. The van der Waals surface area contributed by atoms with Gasteiger partial charge in [0.05, 0.1) is 6.10 Å². The minimum absolute atomic E-state index is 0.392. The first-order valence-electron chi connectivity index (χ1n) is 3.85. The average molecular weight is 187 g/mol. The highest BCUT2D eigenvalue weighted by atomic mass is 32.1. The van der Waals surface area contributed by atoms with Crippen LogP contribution in [-0.2, 0) is 0 Å². The van der Waals surface area contributed by atoms with Gasteiger partial charge in [0.25, 0.3) is 0 Å². The summed E-state index contributed by atoms with van der Waals surface area (Å²) in [6.45, 7) is 0.392. The standard InChI is InChI=1S/C8H13NO2S/c9-4-3-6(10)8(11)7-2-1-5-12-7/h1-2,5-6,8,10-11H,3-4,9H2. The first-order valence-corrected chi connectivity index (χ1v) is 4.73. The molecule has 4 heteroatoms. The lowest BCUT2D eigenvalue weighted by atomic mass is 10.1. The Morgan fingerprint density at radius 1 is 1.50 bits per heavy atom. The predicted octanol–water partition coefficient (Wildman–Crippen LogP) is 0.491. The zero-order valence-electron chi connectivity index (χ0n) is 6.68. The Bertz CT molecular complexity index is 213. The lowest BCUT2D eigenvalue weighted by molar-refractivity contribution is 0.0171. The van der Waals surface area contributed by atoms with E-state index in [9.17, 15) is 10.2 Å². The Morgan fingerprint density at radius 3 is 2.75 bits per heavy atom. The van der Waals surface area contributed by atoms with Crippen LogP contribution in [-0.4, -0.2) is 22.9 Å². The van der Waals surface area contributed by atoms with Crippen molar-refractivity contribution in [2.75, 3.05) is 6.54 Å². The van der Waals surface area contributed by atoms with Gasteiger partial charge in [-0.2, -0.15) is 0 Å². The molecule has 0 radical (unpaired) electrons. The van der Waals surface area contributed by atoms with Gasteiger partial charge in [-0.15, -0.1) is 11.3 Å². The molecule has 0 bridgehead atoms. The summed E-state index contributed by atoms with van der Waals surface area (Å²) < 4.78 is 0. The minimum Gasteiger partial charge on any atom is -0.390 e. The normalized spacial score (nSPS) is 15.9. The number of hydrogen-bond acceptors (Lipinski definition) is 4. The third-order valence-corrected chi connectivity index (χ3v) is 2.60. The molecule has 0 saturated heterocycles. The fraction of sp³-hybridized carbons (Fsp3) is 0.500. The van der Waals surface area contributed by atoms with Crippen molar-refractivity contribution in [3.05, 3.63) is 22.4 Å². The Morgan fingerprint density at radius 2 is 2.25 bits per heavy atom. The molecule has 0 aromatic carbocycles. The monoisotopic (exact) mass is 187 g/mol. The lowest BCUT2D eigenvalue weighted by Gasteiger charge is -2.14. The number of thiophene rings is 1. The molecule has 12 heavy (non-hydrogen) atoms. The van der Waals surface area contributed by atoms with Crippen molar-refractivity contribution in [1.29, 1.82) is 0 Å². The molecule has 1 aromatic rings. The fourth-order valence-corrected chi connectivity index (χ4v) is 1.75. The topological polar surface area (TPSA) is 66.5 Å². The van der Waals surface area contributed by atoms with Gasteiger partial charge in [-0.05, 0) is 24.4 Å². The van der Waals surface area contributed by atoms with Gasteiger partial charge in [-0.3, -0.25) is 0 Å². The van der Waals surface area contributed by atoms with E-state index >= 15 is 0 Å². The minimum atomic E-state index is -0.784. The number of rotatable bonds is 4. The van der Waals surface area contributed by atoms with Crippen molar-refractivity contribution in [2.45, 2.75) is 18.6 Å². The number of nitrogens with two attached hydrogens (primary N) is 1. The maximum Gasteiger partial charge on any atom is 0.114 e. The third kappa shape index (κ3) is 2.28. The van der Waals surface area contributed by atoms with Gasteiger partial charge in [0.2, 0.25) is 0 Å². The largest absolute Gasteiger partial charge is 0.390 e. The summed E-state index contributed by atoms with van der Waals surface area (Å²) in [7, 11) is 0. The smallest absolute Gasteiger partial charge is 0.114 e. The molecule has 1 rings (SSSR count). The molecule has 68 valence electrons. The second-order valence-electron chi connectivity index (χ2n) is 2.60. The van der Waals surface area contributed by atoms with Crippen molar-refractivity contribution in [2.24, 2.45) is 5.73 Å². The Hall–Kier alpha value is -0.420. The SMILES string of the molecule is NCCC(O)C(O)c1cccs1. The molecule has 4 N–H and O–H groups in total. The number of hydrogen-bond donors (Lipinski definition) is 3. The van der Waals surface area contributed by atoms with E-state index in [2.05, 4.69) is 0 Å². The quantitative estimate of drug-likeness (QED) is 0.642. The van der Waals surface area contributed by atoms with Gasteiger partial charge >= 0.3 is 0 Å². The molecule has 0 aliphatic carbocycles. The molecule has 0 aliphatic heterocycles. The number of aliphatic hydroxyl groups excluding tert-OH is 2. The first kappa shape index (κ1) is 9.67. The fourth-order valence-electron chi connectivity index (χ4n) is 0.978. The van der Waals surface area contributed by atoms with Gasteiger partial charge in [-0.1, -0.05) is 6.07 Å². The van der Waals surface area contributed by atoms with Gasteiger partial charge in [0.1, 0.15) is 6.10 Å². The van der Waals surface area contributed by atoms with Crippen LogP contribution in [0.15, 0.2) is 17.5 Å². The maximum atomic E-state index is 9.51. The Balaban J connectivity index is 2.53. The van der Waals surface area contributed by atoms with Crippen LogP contribution in [0.3, 0.4) is 0 Å². The summed E-state index contributed by atoms with van der Waals surface area (Å²) in [6, 6.07) is 3.65. The van der Waals surface area contributed by atoms with Crippen LogP contribution >= 0.6 is 11.3 Å². The zero-order chi connectivity index (χ0) is 8.97. The van der Waals surface area contributed by atoms with Gasteiger partial charge in [0, 0.05) is 4.88 Å². The van der Waals surface area contributed by atoms with E-state index < -0.39 is 12.2 Å². The molecule has 0 fully saturated rings. The van der Waals surface area contributed by atoms with Gasteiger partial charge in [0.15, 0.2) is 0 Å². The third-order valence-electron chi connectivity index (χ3n) is 1.66. The van der Waals surface area contributed by atoms with E-state index in [0.717, 1.165) is 4.88 Å². The molecule has 0 saturated carbocycles. The summed E-state index contributed by atoms with van der Waals surface area (Å²) in [5, 5.41) is 20.7. The van der Waals surface area contributed by atoms with Crippen molar-refractivity contribution in [1.82, 2.24) is 0 Å². The molecule has 1 aromatic heterocycles. The summed E-state index contributed by atoms with van der Waals surface area (Å²) in [5.74, 6) is 0. The van der Waals surface area contributed by atoms with Crippen LogP contribution in [0.25, 0.3) is 0 Å². The number of aliphatic hydroxyl groups is 2. The highest BCUT2D eigenvalue weighted by molar-refractivity contribution is 7.10. The van der Waals surface area contributed by atoms with Crippen LogP contribution in [0.4, 0.5) is 0 Å². The van der Waals surface area contributed by atoms with Gasteiger partial charge in [-0.25, -0.2) is 0 Å². The van der Waals surface area contributed by atoms with Crippen LogP contribution in [0.2, 0.25) is 0 Å². The van der Waals surface area contributed by atoms with Crippen molar-refractivity contribution in [3.63, 3.8) is 0 Å². The molecule has 3 nitrogen and oxygen atoms in total. The van der Waals surface area contributed by atoms with Gasteiger partial charge < -0.3 is 15.9 Å². The maximum absolute atomic E-state index is 9.51. The van der Waals surface area contributed by atoms with Crippen LogP contribution < -0.4 is 5.73 Å². The molecule has 2 atom stereocenters. The predicted molar refractivity (Wildman–Crippen MR) is 49.0 cm³/mol. The molecular formula is C8H13NO2S. The van der Waals surface area contributed by atoms with E-state index in [1.807, 2.05) is 11.4 Å². The molecule has 0 aliphatic rings. The summed E-state index contributed by atoms with van der Waals surface area (Å²) >= 11 is 1.43. The van der Waals surface area contributed by atoms with Crippen LogP contribution in [0.1, 0.15) is 17.4 Å². The molecule has 1 heterocycles. The van der Waals surface area contributed by atoms with E-state index in [1.54, 1.807) is 6.07 Å². The van der Waals surface area contributed by atoms with Crippen LogP contribution in [0, 0.1) is 0 Å². The first-order chi connectivity index (χ1) is 5.75.